The first-order valence-corrected chi connectivity index (χ1v) is 8.00. The second-order valence-corrected chi connectivity index (χ2v) is 5.91. The Hall–Kier alpha value is -2.48. The summed E-state index contributed by atoms with van der Waals surface area (Å²) in [6, 6.07) is 4.77. The third-order valence-corrected chi connectivity index (χ3v) is 4.22. The minimum atomic E-state index is -1.34. The van der Waals surface area contributed by atoms with Gasteiger partial charge in [-0.2, -0.15) is 0 Å². The molecule has 2 amide bonds. The number of rotatable bonds is 6. The number of thioether (sulfide) groups is 1. The molecule has 0 saturated carbocycles. The smallest absolute Gasteiger partial charge is 0.293 e. The molecule has 1 aromatic carbocycles. The monoisotopic (exact) mass is 350 g/mol. The lowest BCUT2D eigenvalue weighted by atomic mass is 10.2. The molecule has 7 nitrogen and oxygen atoms in total. The number of carbonyl (C=O) groups excluding carboxylic acids is 3. The van der Waals surface area contributed by atoms with Crippen molar-refractivity contribution in [1.82, 2.24) is 4.90 Å². The van der Waals surface area contributed by atoms with E-state index in [-0.39, 0.29) is 16.9 Å². The van der Waals surface area contributed by atoms with Crippen molar-refractivity contribution < 1.29 is 29.0 Å². The van der Waals surface area contributed by atoms with Crippen LogP contribution in [0.5, 0.6) is 11.5 Å². The Morgan fingerprint density at radius 2 is 2.08 bits per heavy atom. The summed E-state index contributed by atoms with van der Waals surface area (Å²) in [6.07, 6.45) is 0.445. The Morgan fingerprint density at radius 3 is 2.62 bits per heavy atom. The number of carboxylic acid groups (broad SMARTS) is 1. The highest BCUT2D eigenvalue weighted by atomic mass is 32.2. The van der Waals surface area contributed by atoms with E-state index in [1.165, 1.54) is 20.1 Å². The van der Waals surface area contributed by atoms with Crippen LogP contribution in [0.25, 0.3) is 6.08 Å². The molecule has 8 heteroatoms. The van der Waals surface area contributed by atoms with Gasteiger partial charge in [-0.25, -0.2) is 0 Å². The van der Waals surface area contributed by atoms with E-state index >= 15 is 0 Å². The van der Waals surface area contributed by atoms with E-state index in [4.69, 9.17) is 9.47 Å². The third kappa shape index (κ3) is 3.70. The number of ether oxygens (including phenoxy) is 2. The Balaban J connectivity index is 2.27. The maximum absolute atomic E-state index is 12.1. The summed E-state index contributed by atoms with van der Waals surface area (Å²) in [5.41, 5.74) is 0.627. The van der Waals surface area contributed by atoms with Gasteiger partial charge in [-0.1, -0.05) is 6.07 Å². The zero-order valence-corrected chi connectivity index (χ0v) is 14.2. The molecular weight excluding hydrogens is 334 g/mol. The van der Waals surface area contributed by atoms with E-state index in [1.54, 1.807) is 25.1 Å². The Bertz CT molecular complexity index is 715. The molecule has 1 fully saturated rings. The number of nitrogens with zero attached hydrogens (tertiary/aromatic N) is 1. The Morgan fingerprint density at radius 1 is 1.38 bits per heavy atom. The second kappa shape index (κ2) is 7.39. The fourth-order valence-electron chi connectivity index (χ4n) is 2.03. The molecule has 0 radical (unpaired) electrons. The number of amides is 2. The van der Waals surface area contributed by atoms with Crippen molar-refractivity contribution in [1.29, 1.82) is 0 Å². The van der Waals surface area contributed by atoms with Gasteiger partial charge in [0.15, 0.2) is 11.5 Å². The molecule has 0 aliphatic carbocycles. The van der Waals surface area contributed by atoms with Gasteiger partial charge in [-0.05, 0) is 49.4 Å². The van der Waals surface area contributed by atoms with Crippen molar-refractivity contribution in [3.63, 3.8) is 0 Å². The van der Waals surface area contributed by atoms with Gasteiger partial charge < -0.3 is 19.4 Å². The lowest BCUT2D eigenvalue weighted by Crippen LogP contribution is -2.37. The lowest BCUT2D eigenvalue weighted by Gasteiger charge is -2.17. The number of aliphatic carboxylic acids is 1. The summed E-state index contributed by atoms with van der Waals surface area (Å²) < 4.78 is 10.4. The summed E-state index contributed by atoms with van der Waals surface area (Å²) in [5, 5.41) is 10.5. The number of carboxylic acids is 1. The summed E-state index contributed by atoms with van der Waals surface area (Å²) in [7, 11) is 1.42. The molecular formula is C16H16NO6S-. The highest BCUT2D eigenvalue weighted by Crippen LogP contribution is 2.34. The van der Waals surface area contributed by atoms with E-state index in [1.807, 2.05) is 0 Å². The quantitative estimate of drug-likeness (QED) is 0.713. The zero-order chi connectivity index (χ0) is 17.9. The number of hydrogen-bond donors (Lipinski definition) is 0. The topological polar surface area (TPSA) is 96.0 Å². The highest BCUT2D eigenvalue weighted by molar-refractivity contribution is 8.18. The second-order valence-electron chi connectivity index (χ2n) is 4.92. The minimum Gasteiger partial charge on any atom is -0.546 e. The van der Waals surface area contributed by atoms with Crippen LogP contribution in [0, 0.1) is 0 Å². The van der Waals surface area contributed by atoms with Crippen LogP contribution < -0.4 is 14.6 Å². The lowest BCUT2D eigenvalue weighted by molar-refractivity contribution is -0.312. The number of likely N-dealkylation sites (N-methyl/N-ethyl adjacent to an activating group) is 1. The normalized spacial score (nSPS) is 17.3. The van der Waals surface area contributed by atoms with Crippen LogP contribution in [0.2, 0.25) is 0 Å². The van der Waals surface area contributed by atoms with Crippen molar-refractivity contribution >= 4 is 35.0 Å². The molecule has 0 N–H and O–H groups in total. The first kappa shape index (κ1) is 17.9. The fourth-order valence-corrected chi connectivity index (χ4v) is 2.94. The number of methoxy groups -OCH3 is 1. The van der Waals surface area contributed by atoms with Crippen molar-refractivity contribution in [2.45, 2.75) is 20.0 Å². The van der Waals surface area contributed by atoms with Gasteiger partial charge >= 0.3 is 0 Å². The molecule has 2 rings (SSSR count). The van der Waals surface area contributed by atoms with Crippen molar-refractivity contribution in [3.05, 3.63) is 28.7 Å². The molecule has 1 aliphatic rings. The Kier molecular flexibility index (Phi) is 5.50. The Labute approximate surface area is 143 Å². The van der Waals surface area contributed by atoms with Crippen LogP contribution in [-0.4, -0.2) is 41.8 Å². The van der Waals surface area contributed by atoms with Gasteiger partial charge in [-0.3, -0.25) is 14.5 Å². The number of carbonyl (C=O) groups is 3. The van der Waals surface area contributed by atoms with E-state index in [0.29, 0.717) is 22.8 Å². The maximum atomic E-state index is 12.1. The molecule has 128 valence electrons. The van der Waals surface area contributed by atoms with E-state index in [2.05, 4.69) is 0 Å². The van der Waals surface area contributed by atoms with Gasteiger partial charge in [0.1, 0.15) is 6.10 Å². The van der Waals surface area contributed by atoms with E-state index in [0.717, 1.165) is 16.7 Å². The standard InChI is InChI=1S/C16H17NO6S/c1-4-17-14(18)13(24-16(17)21)8-10-5-6-11(12(7-10)22-3)23-9(2)15(19)20/h5-9H,4H2,1-3H3,(H,19,20)/p-1. The predicted molar refractivity (Wildman–Crippen MR) is 86.4 cm³/mol. The average Bonchev–Trinajstić information content (AvgIpc) is 2.81. The SMILES string of the molecule is CCN1C(=O)SC(=Cc2ccc(OC(C)C(=O)[O-])c(OC)c2)C1=O. The average molecular weight is 350 g/mol. The summed E-state index contributed by atoms with van der Waals surface area (Å²) >= 11 is 0.874. The summed E-state index contributed by atoms with van der Waals surface area (Å²) in [6.45, 7) is 3.40. The van der Waals surface area contributed by atoms with Crippen LogP contribution in [0.4, 0.5) is 4.79 Å². The van der Waals surface area contributed by atoms with Crippen LogP contribution in [0.3, 0.4) is 0 Å². The third-order valence-electron chi connectivity index (χ3n) is 3.31. The van der Waals surface area contributed by atoms with Crippen LogP contribution in [-0.2, 0) is 9.59 Å². The molecule has 1 unspecified atom stereocenters. The molecule has 24 heavy (non-hydrogen) atoms. The maximum Gasteiger partial charge on any atom is 0.293 e. The van der Waals surface area contributed by atoms with Crippen LogP contribution in [0.15, 0.2) is 23.1 Å². The number of benzene rings is 1. The van der Waals surface area contributed by atoms with E-state index < -0.39 is 12.1 Å². The van der Waals surface area contributed by atoms with Crippen LogP contribution >= 0.6 is 11.8 Å². The van der Waals surface area contributed by atoms with Crippen molar-refractivity contribution in [3.8, 4) is 11.5 Å². The molecule has 1 atom stereocenters. The van der Waals surface area contributed by atoms with Crippen LogP contribution in [0.1, 0.15) is 19.4 Å². The molecule has 1 saturated heterocycles. The highest BCUT2D eigenvalue weighted by Gasteiger charge is 2.33. The van der Waals surface area contributed by atoms with Gasteiger partial charge in [0.05, 0.1) is 18.0 Å². The molecule has 0 spiro atoms. The minimum absolute atomic E-state index is 0.244. The first-order valence-electron chi connectivity index (χ1n) is 7.18. The molecule has 1 aromatic rings. The predicted octanol–water partition coefficient (Wildman–Crippen LogP) is 1.27. The van der Waals surface area contributed by atoms with Gasteiger partial charge in [0.2, 0.25) is 0 Å². The number of hydrogen-bond acceptors (Lipinski definition) is 7. The molecule has 0 aromatic heterocycles. The first-order chi connectivity index (χ1) is 11.4. The number of imide groups is 1. The zero-order valence-electron chi connectivity index (χ0n) is 13.4. The summed E-state index contributed by atoms with van der Waals surface area (Å²) in [4.78, 5) is 36.0. The largest absolute Gasteiger partial charge is 0.546 e. The van der Waals surface area contributed by atoms with E-state index in [9.17, 15) is 19.5 Å². The van der Waals surface area contributed by atoms with Crippen molar-refractivity contribution in [2.24, 2.45) is 0 Å². The van der Waals surface area contributed by atoms with Gasteiger partial charge in [0, 0.05) is 6.54 Å². The van der Waals surface area contributed by atoms with Gasteiger partial charge in [-0.15, -0.1) is 0 Å². The van der Waals surface area contributed by atoms with Crippen molar-refractivity contribution in [2.75, 3.05) is 13.7 Å². The summed E-state index contributed by atoms with van der Waals surface area (Å²) in [5.74, 6) is -1.12. The fraction of sp³-hybridized carbons (Fsp3) is 0.312. The molecule has 1 aliphatic heterocycles. The van der Waals surface area contributed by atoms with Gasteiger partial charge in [0.25, 0.3) is 11.1 Å². The molecule has 0 bridgehead atoms. The molecule has 1 heterocycles.